The quantitative estimate of drug-likeness (QED) is 0.649. The van der Waals surface area contributed by atoms with Gasteiger partial charge >= 0.3 is 0 Å². The van der Waals surface area contributed by atoms with Crippen molar-refractivity contribution >= 4 is 5.91 Å². The molecule has 1 aliphatic carbocycles. The van der Waals surface area contributed by atoms with Crippen molar-refractivity contribution in [3.63, 3.8) is 0 Å². The van der Waals surface area contributed by atoms with E-state index >= 15 is 0 Å². The number of carbonyl (C=O) groups is 1. The van der Waals surface area contributed by atoms with E-state index in [2.05, 4.69) is 40.4 Å². The van der Waals surface area contributed by atoms with E-state index in [9.17, 15) is 4.79 Å². The van der Waals surface area contributed by atoms with Crippen LogP contribution in [0.5, 0.6) is 0 Å². The fourth-order valence-electron chi connectivity index (χ4n) is 4.78. The first kappa shape index (κ1) is 21.1. The van der Waals surface area contributed by atoms with Crippen LogP contribution >= 0.6 is 0 Å². The summed E-state index contributed by atoms with van der Waals surface area (Å²) in [7, 11) is 0. The van der Waals surface area contributed by atoms with Crippen molar-refractivity contribution in [3.05, 3.63) is 0 Å². The average Bonchev–Trinajstić information content (AvgIpc) is 3.48. The molecule has 27 heavy (non-hydrogen) atoms. The monoisotopic (exact) mass is 378 g/mol. The third-order valence-electron chi connectivity index (χ3n) is 6.75. The molecule has 2 aliphatic heterocycles. The smallest absolute Gasteiger partial charge is 0.236 e. The van der Waals surface area contributed by atoms with E-state index < -0.39 is 0 Å². The van der Waals surface area contributed by atoms with Gasteiger partial charge in [0.25, 0.3) is 0 Å². The number of likely N-dealkylation sites (tertiary alicyclic amines) is 1. The Hall–Kier alpha value is -0.650. The molecule has 2 heterocycles. The van der Waals surface area contributed by atoms with Crippen LogP contribution in [0, 0.1) is 5.92 Å². The van der Waals surface area contributed by atoms with Crippen molar-refractivity contribution in [1.29, 1.82) is 0 Å². The lowest BCUT2D eigenvalue weighted by Crippen LogP contribution is -2.49. The summed E-state index contributed by atoms with van der Waals surface area (Å²) in [6, 6.07) is 1.33. The highest BCUT2D eigenvalue weighted by atomic mass is 16.2. The van der Waals surface area contributed by atoms with E-state index in [1.807, 2.05) is 0 Å². The lowest BCUT2D eigenvalue weighted by Gasteiger charge is -2.39. The van der Waals surface area contributed by atoms with Crippen LogP contribution in [0.25, 0.3) is 0 Å². The molecule has 3 aliphatic rings. The minimum absolute atomic E-state index is 0.349. The van der Waals surface area contributed by atoms with Crippen LogP contribution in [0.2, 0.25) is 0 Å². The first-order valence-electron chi connectivity index (χ1n) is 11.5. The number of piperidine rings is 1. The summed E-state index contributed by atoms with van der Waals surface area (Å²) >= 11 is 0. The molecule has 0 aromatic rings. The molecule has 156 valence electrons. The van der Waals surface area contributed by atoms with Crippen molar-refractivity contribution in [2.24, 2.45) is 5.92 Å². The molecule has 3 rings (SSSR count). The predicted molar refractivity (Wildman–Crippen MR) is 112 cm³/mol. The standard InChI is InChI=1S/C22H42N4O/c1-4-10-26(17-20-6-7-20)21-8-13-23(14-9-21)18-22(27)25-12-5-11-24(15-16-25)19(2)3/h19-21H,4-18H2,1-3H3. The van der Waals surface area contributed by atoms with Crippen molar-refractivity contribution in [3.8, 4) is 0 Å². The molecular formula is C22H42N4O. The van der Waals surface area contributed by atoms with Crippen molar-refractivity contribution < 1.29 is 4.79 Å². The van der Waals surface area contributed by atoms with Gasteiger partial charge in [0, 0.05) is 57.9 Å². The molecule has 0 N–H and O–H groups in total. The Bertz CT molecular complexity index is 457. The molecule has 0 spiro atoms. The molecule has 0 unspecified atom stereocenters. The Kier molecular flexibility index (Phi) is 7.97. The molecule has 5 heteroatoms. The van der Waals surface area contributed by atoms with Gasteiger partial charge in [0.1, 0.15) is 0 Å². The average molecular weight is 379 g/mol. The largest absolute Gasteiger partial charge is 0.340 e. The molecular weight excluding hydrogens is 336 g/mol. The zero-order valence-corrected chi connectivity index (χ0v) is 18.0. The molecule has 1 amide bonds. The zero-order chi connectivity index (χ0) is 19.2. The second-order valence-corrected chi connectivity index (χ2v) is 9.31. The van der Waals surface area contributed by atoms with Gasteiger partial charge in [-0.05, 0) is 64.8 Å². The van der Waals surface area contributed by atoms with Gasteiger partial charge in [0.2, 0.25) is 5.91 Å². The third kappa shape index (κ3) is 6.43. The van der Waals surface area contributed by atoms with Crippen LogP contribution in [0.3, 0.4) is 0 Å². The minimum Gasteiger partial charge on any atom is -0.340 e. The normalized spacial score (nSPS) is 24.0. The number of hydrogen-bond donors (Lipinski definition) is 0. The van der Waals surface area contributed by atoms with E-state index in [4.69, 9.17) is 0 Å². The highest BCUT2D eigenvalue weighted by molar-refractivity contribution is 5.78. The Morgan fingerprint density at radius 2 is 1.74 bits per heavy atom. The molecule has 0 aromatic heterocycles. The number of amides is 1. The van der Waals surface area contributed by atoms with Gasteiger partial charge in [-0.2, -0.15) is 0 Å². The van der Waals surface area contributed by atoms with Gasteiger partial charge in [0.05, 0.1) is 6.54 Å². The van der Waals surface area contributed by atoms with E-state index in [-0.39, 0.29) is 0 Å². The van der Waals surface area contributed by atoms with E-state index in [1.165, 1.54) is 45.2 Å². The van der Waals surface area contributed by atoms with E-state index in [0.29, 0.717) is 18.5 Å². The van der Waals surface area contributed by atoms with Gasteiger partial charge in [-0.1, -0.05) is 6.92 Å². The first-order chi connectivity index (χ1) is 13.1. The van der Waals surface area contributed by atoms with Gasteiger partial charge in [-0.15, -0.1) is 0 Å². The maximum Gasteiger partial charge on any atom is 0.236 e. The van der Waals surface area contributed by atoms with Gasteiger partial charge < -0.3 is 9.80 Å². The van der Waals surface area contributed by atoms with Crippen molar-refractivity contribution in [1.82, 2.24) is 19.6 Å². The van der Waals surface area contributed by atoms with Crippen LogP contribution in [0.4, 0.5) is 0 Å². The van der Waals surface area contributed by atoms with Gasteiger partial charge in [-0.3, -0.25) is 14.6 Å². The lowest BCUT2D eigenvalue weighted by atomic mass is 10.0. The van der Waals surface area contributed by atoms with Crippen molar-refractivity contribution in [2.75, 3.05) is 58.9 Å². The number of carbonyl (C=O) groups excluding carboxylic acids is 1. The van der Waals surface area contributed by atoms with Gasteiger partial charge in [-0.25, -0.2) is 0 Å². The second kappa shape index (κ2) is 10.2. The van der Waals surface area contributed by atoms with Gasteiger partial charge in [0.15, 0.2) is 0 Å². The highest BCUT2D eigenvalue weighted by Gasteiger charge is 2.30. The molecule has 0 radical (unpaired) electrons. The molecule has 5 nitrogen and oxygen atoms in total. The summed E-state index contributed by atoms with van der Waals surface area (Å²) in [6.07, 6.45) is 7.73. The summed E-state index contributed by atoms with van der Waals surface area (Å²) < 4.78 is 0. The topological polar surface area (TPSA) is 30.0 Å². The Morgan fingerprint density at radius 3 is 2.37 bits per heavy atom. The Balaban J connectivity index is 1.41. The summed E-state index contributed by atoms with van der Waals surface area (Å²) in [5, 5.41) is 0. The van der Waals surface area contributed by atoms with Crippen LogP contribution in [0.15, 0.2) is 0 Å². The highest BCUT2D eigenvalue weighted by Crippen LogP contribution is 2.31. The van der Waals surface area contributed by atoms with Crippen molar-refractivity contribution in [2.45, 2.75) is 71.4 Å². The number of nitrogens with zero attached hydrogens (tertiary/aromatic N) is 4. The van der Waals surface area contributed by atoms with Crippen LogP contribution < -0.4 is 0 Å². The van der Waals surface area contributed by atoms with E-state index in [1.54, 1.807) is 0 Å². The fourth-order valence-corrected chi connectivity index (χ4v) is 4.78. The Labute approximate surface area is 167 Å². The SMILES string of the molecule is CCCN(CC1CC1)C1CCN(CC(=O)N2CCCN(C(C)C)CC2)CC1. The fraction of sp³-hybridized carbons (Fsp3) is 0.955. The molecule has 1 saturated carbocycles. The molecule has 0 bridgehead atoms. The van der Waals surface area contributed by atoms with Crippen LogP contribution in [-0.4, -0.2) is 96.5 Å². The second-order valence-electron chi connectivity index (χ2n) is 9.31. The van der Waals surface area contributed by atoms with Crippen LogP contribution in [-0.2, 0) is 4.79 Å². The van der Waals surface area contributed by atoms with Crippen LogP contribution in [0.1, 0.15) is 59.3 Å². The molecule has 2 saturated heterocycles. The minimum atomic E-state index is 0.349. The third-order valence-corrected chi connectivity index (χ3v) is 6.75. The zero-order valence-electron chi connectivity index (χ0n) is 18.0. The summed E-state index contributed by atoms with van der Waals surface area (Å²) in [4.78, 5) is 22.6. The first-order valence-corrected chi connectivity index (χ1v) is 11.5. The molecule has 3 fully saturated rings. The molecule has 0 aromatic carbocycles. The lowest BCUT2D eigenvalue weighted by molar-refractivity contribution is -0.132. The molecule has 0 atom stereocenters. The maximum atomic E-state index is 12.8. The number of hydrogen-bond acceptors (Lipinski definition) is 4. The summed E-state index contributed by atoms with van der Waals surface area (Å²) in [5.41, 5.74) is 0. The number of rotatable bonds is 8. The maximum absolute atomic E-state index is 12.8. The summed E-state index contributed by atoms with van der Waals surface area (Å²) in [6.45, 7) is 16.2. The predicted octanol–water partition coefficient (Wildman–Crippen LogP) is 2.52. The Morgan fingerprint density at radius 1 is 1.00 bits per heavy atom. The van der Waals surface area contributed by atoms with E-state index in [0.717, 1.165) is 57.6 Å². The summed E-state index contributed by atoms with van der Waals surface area (Å²) in [5.74, 6) is 1.33.